The van der Waals surface area contributed by atoms with E-state index in [0.717, 1.165) is 16.9 Å². The van der Waals surface area contributed by atoms with Crippen LogP contribution in [0.5, 0.6) is 5.75 Å². The molecule has 0 atom stereocenters. The molecule has 0 heterocycles. The minimum absolute atomic E-state index is 0.0729. The third-order valence-corrected chi connectivity index (χ3v) is 4.30. The van der Waals surface area contributed by atoms with Crippen molar-refractivity contribution in [3.63, 3.8) is 0 Å². The molecule has 2 amide bonds. The lowest BCUT2D eigenvalue weighted by Crippen LogP contribution is -2.35. The number of nitrogens with zero attached hydrogens (tertiary/aromatic N) is 1. The van der Waals surface area contributed by atoms with Crippen molar-refractivity contribution in [1.82, 2.24) is 10.2 Å². The highest BCUT2D eigenvalue weighted by atomic mass is 19.1. The van der Waals surface area contributed by atoms with Gasteiger partial charge in [0.1, 0.15) is 11.6 Å². The third-order valence-electron chi connectivity index (χ3n) is 4.30. The van der Waals surface area contributed by atoms with Crippen LogP contribution in [-0.4, -0.2) is 36.9 Å². The smallest absolute Gasteiger partial charge is 0.222 e. The topological polar surface area (TPSA) is 58.6 Å². The number of nitrogens with one attached hydrogen (secondary N) is 1. The fraction of sp³-hybridized carbons (Fsp3) is 0.333. The number of hydrogen-bond acceptors (Lipinski definition) is 3. The van der Waals surface area contributed by atoms with E-state index in [0.29, 0.717) is 26.1 Å². The highest BCUT2D eigenvalue weighted by Gasteiger charge is 2.12. The maximum absolute atomic E-state index is 12.9. The first-order valence-electron chi connectivity index (χ1n) is 8.88. The van der Waals surface area contributed by atoms with Crippen molar-refractivity contribution in [2.45, 2.75) is 26.3 Å². The van der Waals surface area contributed by atoms with Crippen molar-refractivity contribution in [2.75, 3.05) is 20.2 Å². The first-order chi connectivity index (χ1) is 13.0. The first kappa shape index (κ1) is 20.4. The van der Waals surface area contributed by atoms with Crippen LogP contribution in [-0.2, 0) is 22.6 Å². The van der Waals surface area contributed by atoms with Crippen LogP contribution >= 0.6 is 0 Å². The van der Waals surface area contributed by atoms with Gasteiger partial charge in [-0.15, -0.1) is 0 Å². The van der Waals surface area contributed by atoms with E-state index in [1.54, 1.807) is 24.1 Å². The van der Waals surface area contributed by atoms with Crippen molar-refractivity contribution >= 4 is 11.8 Å². The van der Waals surface area contributed by atoms with Crippen LogP contribution in [0.25, 0.3) is 0 Å². The van der Waals surface area contributed by atoms with Crippen LogP contribution in [0.2, 0.25) is 0 Å². The van der Waals surface area contributed by atoms with Crippen LogP contribution in [0.1, 0.15) is 24.5 Å². The van der Waals surface area contributed by atoms with E-state index in [1.165, 1.54) is 19.1 Å². The summed E-state index contributed by atoms with van der Waals surface area (Å²) in [6, 6.07) is 13.7. The minimum atomic E-state index is -0.308. The lowest BCUT2D eigenvalue weighted by atomic mass is 10.1. The van der Waals surface area contributed by atoms with E-state index in [4.69, 9.17) is 4.74 Å². The van der Waals surface area contributed by atoms with Gasteiger partial charge in [-0.25, -0.2) is 4.39 Å². The van der Waals surface area contributed by atoms with Gasteiger partial charge >= 0.3 is 0 Å². The summed E-state index contributed by atoms with van der Waals surface area (Å²) in [5.74, 6) is 0.259. The standard InChI is InChI=1S/C21H25FN2O3/c1-16(25)24(13-11-18-5-3-4-6-20(18)27-2)14-12-21(26)23-15-17-7-9-19(22)10-8-17/h3-10H,11-15H2,1-2H3,(H,23,26). The zero-order valence-electron chi connectivity index (χ0n) is 15.7. The molecular formula is C21H25FN2O3. The molecule has 6 heteroatoms. The van der Waals surface area contributed by atoms with Crippen LogP contribution in [0, 0.1) is 5.82 Å². The Morgan fingerprint density at radius 2 is 1.78 bits per heavy atom. The molecule has 0 unspecified atom stereocenters. The molecular weight excluding hydrogens is 347 g/mol. The monoisotopic (exact) mass is 372 g/mol. The quantitative estimate of drug-likeness (QED) is 0.736. The Morgan fingerprint density at radius 3 is 2.44 bits per heavy atom. The van der Waals surface area contributed by atoms with Gasteiger partial charge in [0.05, 0.1) is 7.11 Å². The summed E-state index contributed by atoms with van der Waals surface area (Å²) in [7, 11) is 1.62. The molecule has 144 valence electrons. The summed E-state index contributed by atoms with van der Waals surface area (Å²) in [5, 5.41) is 2.79. The third kappa shape index (κ3) is 6.73. The van der Waals surface area contributed by atoms with Crippen LogP contribution in [0.3, 0.4) is 0 Å². The molecule has 2 aromatic rings. The molecule has 0 radical (unpaired) electrons. The van der Waals surface area contributed by atoms with Crippen LogP contribution in [0.15, 0.2) is 48.5 Å². The highest BCUT2D eigenvalue weighted by molar-refractivity contribution is 5.78. The Morgan fingerprint density at radius 1 is 1.07 bits per heavy atom. The Labute approximate surface area is 159 Å². The van der Waals surface area contributed by atoms with E-state index in [1.807, 2.05) is 24.3 Å². The number of hydrogen-bond donors (Lipinski definition) is 1. The second kappa shape index (κ2) is 10.3. The number of ether oxygens (including phenoxy) is 1. The molecule has 0 aromatic heterocycles. The first-order valence-corrected chi connectivity index (χ1v) is 8.88. The van der Waals surface area contributed by atoms with E-state index >= 15 is 0 Å². The lowest BCUT2D eigenvalue weighted by molar-refractivity contribution is -0.129. The van der Waals surface area contributed by atoms with Gasteiger partial charge in [0, 0.05) is 33.0 Å². The zero-order chi connectivity index (χ0) is 19.6. The van der Waals surface area contributed by atoms with Gasteiger partial charge in [-0.2, -0.15) is 0 Å². The van der Waals surface area contributed by atoms with Gasteiger partial charge in [0.25, 0.3) is 0 Å². The van der Waals surface area contributed by atoms with Gasteiger partial charge < -0.3 is 15.0 Å². The van der Waals surface area contributed by atoms with Gasteiger partial charge in [-0.05, 0) is 35.7 Å². The number of amides is 2. The van der Waals surface area contributed by atoms with E-state index in [2.05, 4.69) is 5.32 Å². The summed E-state index contributed by atoms with van der Waals surface area (Å²) < 4.78 is 18.2. The summed E-state index contributed by atoms with van der Waals surface area (Å²) in [6.45, 7) is 2.69. The van der Waals surface area contributed by atoms with Gasteiger partial charge in [-0.3, -0.25) is 9.59 Å². The summed E-state index contributed by atoms with van der Waals surface area (Å²) in [6.07, 6.45) is 0.869. The Balaban J connectivity index is 1.80. The Bertz CT molecular complexity index is 762. The van der Waals surface area contributed by atoms with E-state index in [9.17, 15) is 14.0 Å². The van der Waals surface area contributed by atoms with E-state index in [-0.39, 0.29) is 24.1 Å². The number of methoxy groups -OCH3 is 1. The molecule has 2 aromatic carbocycles. The van der Waals surface area contributed by atoms with Crippen molar-refractivity contribution in [3.05, 3.63) is 65.5 Å². The van der Waals surface area contributed by atoms with Crippen molar-refractivity contribution in [1.29, 1.82) is 0 Å². The minimum Gasteiger partial charge on any atom is -0.496 e. The Kier molecular flexibility index (Phi) is 7.79. The van der Waals surface area contributed by atoms with Gasteiger partial charge in [0.2, 0.25) is 11.8 Å². The largest absolute Gasteiger partial charge is 0.496 e. The average Bonchev–Trinajstić information content (AvgIpc) is 2.67. The molecule has 5 nitrogen and oxygen atoms in total. The molecule has 0 fully saturated rings. The summed E-state index contributed by atoms with van der Waals surface area (Å²) in [4.78, 5) is 25.6. The second-order valence-corrected chi connectivity index (χ2v) is 6.22. The number of carbonyl (C=O) groups is 2. The molecule has 0 saturated carbocycles. The number of carbonyl (C=O) groups excluding carboxylic acids is 2. The molecule has 0 saturated heterocycles. The van der Waals surface area contributed by atoms with Gasteiger partial charge in [0.15, 0.2) is 0 Å². The predicted molar refractivity (Wildman–Crippen MR) is 102 cm³/mol. The fourth-order valence-corrected chi connectivity index (χ4v) is 2.72. The summed E-state index contributed by atoms with van der Waals surface area (Å²) >= 11 is 0. The number of rotatable bonds is 9. The van der Waals surface area contributed by atoms with Crippen molar-refractivity contribution in [2.24, 2.45) is 0 Å². The van der Waals surface area contributed by atoms with Gasteiger partial charge in [-0.1, -0.05) is 30.3 Å². The molecule has 1 N–H and O–H groups in total. The molecule has 2 rings (SSSR count). The number of para-hydroxylation sites is 1. The number of halogens is 1. The molecule has 0 aliphatic rings. The molecule has 27 heavy (non-hydrogen) atoms. The second-order valence-electron chi connectivity index (χ2n) is 6.22. The average molecular weight is 372 g/mol. The SMILES string of the molecule is COc1ccccc1CCN(CCC(=O)NCc1ccc(F)cc1)C(C)=O. The maximum Gasteiger partial charge on any atom is 0.222 e. The molecule has 0 aliphatic heterocycles. The summed E-state index contributed by atoms with van der Waals surface area (Å²) in [5.41, 5.74) is 1.84. The fourth-order valence-electron chi connectivity index (χ4n) is 2.72. The lowest BCUT2D eigenvalue weighted by Gasteiger charge is -2.21. The molecule has 0 bridgehead atoms. The van der Waals surface area contributed by atoms with Crippen molar-refractivity contribution in [3.8, 4) is 5.75 Å². The Hall–Kier alpha value is -2.89. The van der Waals surface area contributed by atoms with Crippen LogP contribution < -0.4 is 10.1 Å². The van der Waals surface area contributed by atoms with Crippen molar-refractivity contribution < 1.29 is 18.7 Å². The van der Waals surface area contributed by atoms with E-state index < -0.39 is 0 Å². The molecule has 0 spiro atoms. The van der Waals surface area contributed by atoms with Crippen LogP contribution in [0.4, 0.5) is 4.39 Å². The highest BCUT2D eigenvalue weighted by Crippen LogP contribution is 2.18. The predicted octanol–water partition coefficient (Wildman–Crippen LogP) is 2.93. The molecule has 0 aliphatic carbocycles. The zero-order valence-corrected chi connectivity index (χ0v) is 15.7. The maximum atomic E-state index is 12.9. The number of benzene rings is 2. The normalized spacial score (nSPS) is 10.3.